The molecule has 0 bridgehead atoms. The van der Waals surface area contributed by atoms with Crippen LogP contribution in [0.2, 0.25) is 0 Å². The number of hydrogen-bond acceptors (Lipinski definition) is 0. The topological polar surface area (TPSA) is 16.6 Å². The van der Waals surface area contributed by atoms with Gasteiger partial charge in [-0.25, -0.2) is 132 Å². The van der Waals surface area contributed by atoms with Crippen molar-refractivity contribution >= 4 is 36.4 Å². The van der Waals surface area contributed by atoms with E-state index in [9.17, 15) is 83.4 Å². The predicted octanol–water partition coefficient (Wildman–Crippen LogP) is 21.1. The van der Waals surface area contributed by atoms with Crippen molar-refractivity contribution in [1.82, 2.24) is 0 Å². The first-order valence-electron chi connectivity index (χ1n) is 27.0. The van der Waals surface area contributed by atoms with Crippen LogP contribution in [-0.2, 0) is 0 Å². The second-order valence-electron chi connectivity index (χ2n) is 21.6. The molecule has 0 fully saturated rings. The Labute approximate surface area is 515 Å². The first kappa shape index (κ1) is 74.1. The van der Waals surface area contributed by atoms with Gasteiger partial charge in [-0.05, 0) is 37.1 Å². The van der Waals surface area contributed by atoms with Crippen molar-refractivity contribution in [3.05, 3.63) is 220 Å². The van der Waals surface area contributed by atoms with Crippen LogP contribution in [0.25, 0.3) is 34.4 Å². The molecular formula is C59H29AlF35N. The Morgan fingerprint density at radius 2 is 0.490 bits per heavy atom. The molecule has 518 valence electrons. The summed E-state index contributed by atoms with van der Waals surface area (Å²) in [4.78, 5) is 0. The number of benzene rings is 6. The fourth-order valence-electron chi connectivity index (χ4n) is 12.5. The quantitative estimate of drug-likeness (QED) is 0.0280. The van der Waals surface area contributed by atoms with Crippen LogP contribution < -0.4 is 5.32 Å². The van der Waals surface area contributed by atoms with Gasteiger partial charge in [0.25, 0.3) is 0 Å². The van der Waals surface area contributed by atoms with Crippen LogP contribution in [0, 0.1) is 128 Å². The van der Waals surface area contributed by atoms with E-state index in [2.05, 4.69) is 6.92 Å². The Bertz CT molecular complexity index is 3860. The Balaban J connectivity index is 0.000000247. The van der Waals surface area contributed by atoms with Crippen molar-refractivity contribution < 1.29 is 159 Å². The molecule has 0 aromatic heterocycles. The summed E-state index contributed by atoms with van der Waals surface area (Å²) in [7, 11) is 0. The monoisotopic (exact) mass is 1440 g/mol. The third kappa shape index (κ3) is 11.6. The first-order valence-corrected chi connectivity index (χ1v) is 29.6. The number of allylic oxidation sites excluding steroid dienone is 4. The molecule has 0 saturated heterocycles. The lowest BCUT2D eigenvalue weighted by Crippen LogP contribution is -2.97. The molecule has 4 atom stereocenters. The van der Waals surface area contributed by atoms with Crippen LogP contribution in [0.5, 0.6) is 0 Å². The highest BCUT2D eigenvalue weighted by molar-refractivity contribution is 6.88. The highest BCUT2D eigenvalue weighted by atomic mass is 27.2. The largest absolute Gasteiger partial charge is 0.514 e. The van der Waals surface area contributed by atoms with E-state index < -0.39 is 275 Å². The number of halogens is 35. The second-order valence-corrected chi connectivity index (χ2v) is 26.6. The zero-order valence-corrected chi connectivity index (χ0v) is 47.8. The van der Waals surface area contributed by atoms with Gasteiger partial charge < -0.3 is 0 Å². The van der Waals surface area contributed by atoms with Crippen LogP contribution >= 0.6 is 0 Å². The van der Waals surface area contributed by atoms with Crippen molar-refractivity contribution in [3.63, 3.8) is 0 Å². The summed E-state index contributed by atoms with van der Waals surface area (Å²) in [5.74, 6) is -79.3. The van der Waals surface area contributed by atoms with Gasteiger partial charge in [-0.15, -0.1) is 8.78 Å². The molecule has 0 spiro atoms. The average Bonchev–Trinajstić information content (AvgIpc) is 1.47. The Morgan fingerprint density at radius 3 is 0.719 bits per heavy atom. The molecule has 0 amide bonds. The van der Waals surface area contributed by atoms with Gasteiger partial charge in [0.1, 0.15) is 23.3 Å². The van der Waals surface area contributed by atoms with Gasteiger partial charge >= 0.3 is 12.2 Å². The summed E-state index contributed by atoms with van der Waals surface area (Å²) >= 11 is -7.79. The lowest BCUT2D eigenvalue weighted by molar-refractivity contribution is -0.810. The van der Waals surface area contributed by atoms with Gasteiger partial charge in [0.2, 0.25) is 24.7 Å². The summed E-state index contributed by atoms with van der Waals surface area (Å²) in [6.07, 6.45) is 0.998. The number of fused-ring (bicyclic) bond motifs is 4. The highest BCUT2D eigenvalue weighted by Crippen LogP contribution is 2.71. The van der Waals surface area contributed by atoms with Crippen LogP contribution in [0.3, 0.4) is 0 Å². The SMILES string of the molecule is CCCCCCCCC[NH2+]C(F)(F)C(F)(F)F.FC1=C(F)[CH]([Al-]([CH]2C(F)=C(F)c3c2cc(F)c(F)c3F)([CH]2C(F)=C(F)c3c2cc(F)c(F)c3F)[CH]2C(F)=C(F)c3c2cc(F)c(F)c3F)c2cc(F)c(F)c(F)c21.Fc1c(F)c(F)c(-c2c(F)c(F)c(F)c(F)c2F)c(F)c1F. The molecule has 4 unspecified atom stereocenters. The van der Waals surface area contributed by atoms with Gasteiger partial charge in [0.15, 0.2) is 140 Å². The van der Waals surface area contributed by atoms with E-state index in [0.717, 1.165) is 32.1 Å². The normalized spacial score (nSPS) is 18.1. The molecule has 10 rings (SSSR count). The molecule has 4 aliphatic rings. The van der Waals surface area contributed by atoms with E-state index in [0.29, 0.717) is 12.8 Å². The van der Waals surface area contributed by atoms with Crippen molar-refractivity contribution in [1.29, 1.82) is 0 Å². The summed E-state index contributed by atoms with van der Waals surface area (Å²) < 4.78 is 489. The predicted molar refractivity (Wildman–Crippen MR) is 266 cm³/mol. The zero-order valence-electron chi connectivity index (χ0n) is 46.7. The highest BCUT2D eigenvalue weighted by Gasteiger charge is 2.68. The second kappa shape index (κ2) is 27.0. The number of rotatable bonds is 14. The van der Waals surface area contributed by atoms with Crippen LogP contribution in [0.4, 0.5) is 154 Å². The zero-order chi connectivity index (χ0) is 72.1. The molecule has 6 aromatic rings. The molecule has 96 heavy (non-hydrogen) atoms. The summed E-state index contributed by atoms with van der Waals surface area (Å²) in [6.45, 7) is 1.91. The Morgan fingerprint density at radius 1 is 0.281 bits per heavy atom. The van der Waals surface area contributed by atoms with Crippen LogP contribution in [0.15, 0.2) is 47.6 Å². The number of hydrogen-bond donors (Lipinski definition) is 1. The van der Waals surface area contributed by atoms with Gasteiger partial charge in [0.05, 0.1) is 39.9 Å². The van der Waals surface area contributed by atoms with Crippen molar-refractivity contribution in [2.24, 2.45) is 0 Å². The molecule has 6 aromatic carbocycles. The molecular weight excluding hydrogens is 1410 g/mol. The lowest BCUT2D eigenvalue weighted by Gasteiger charge is -2.54. The summed E-state index contributed by atoms with van der Waals surface area (Å²) in [5.41, 5.74) is -19.7. The first-order chi connectivity index (χ1) is 44.6. The smallest absolute Gasteiger partial charge is 0.277 e. The molecule has 0 saturated carbocycles. The maximum absolute atomic E-state index is 17.0. The maximum atomic E-state index is 17.0. The van der Waals surface area contributed by atoms with E-state index in [1.165, 1.54) is 0 Å². The van der Waals surface area contributed by atoms with Crippen LogP contribution in [-0.4, -0.2) is 31.8 Å². The van der Waals surface area contributed by atoms with Gasteiger partial charge in [0, 0.05) is 0 Å². The standard InChI is InChI=1S/C12F10.C11H20F5N.4C9H2F5.Al/c13-3-1(4(14)8(18)11(21)7(3)17)2-5(15)9(19)12(22)10(20)6(2)16;1-2-3-4-5-6-7-8-9-17-11(15,16)10(12,13)14;4*10-4-1-3-2-5(11)8(13)9(14)6(3)7(4)12;/h;17H,2-9H2,1H3;4*1-2H;/q;;;;;;-1/p+1. The fraction of sp³-hybridized carbons (Fsp3) is 0.254. The molecule has 4 aliphatic carbocycles. The molecule has 2 N–H and O–H groups in total. The summed E-state index contributed by atoms with van der Waals surface area (Å²) in [6, 6.07) is -6.04. The van der Waals surface area contributed by atoms with Crippen LogP contribution in [0.1, 0.15) is 115 Å². The van der Waals surface area contributed by atoms with E-state index >= 15 is 70.2 Å². The molecule has 1 nitrogen and oxygen atoms in total. The third-order valence-corrected chi connectivity index (χ3v) is 23.7. The fourth-order valence-corrected chi connectivity index (χ4v) is 20.9. The van der Waals surface area contributed by atoms with Crippen molar-refractivity contribution in [2.45, 2.75) is 83.2 Å². The molecule has 0 aliphatic heterocycles. The maximum Gasteiger partial charge on any atom is 0.514 e. The van der Waals surface area contributed by atoms with Crippen molar-refractivity contribution in [3.8, 4) is 11.1 Å². The Kier molecular flexibility index (Phi) is 20.8. The van der Waals surface area contributed by atoms with Crippen molar-refractivity contribution in [2.75, 3.05) is 6.54 Å². The van der Waals surface area contributed by atoms with Gasteiger partial charge in [-0.3, -0.25) is 5.32 Å². The minimum Gasteiger partial charge on any atom is -0.277 e. The minimum absolute atomic E-state index is 0.0824. The van der Waals surface area contributed by atoms with Gasteiger partial charge in [-0.1, -0.05) is 80.4 Å². The average molecular weight is 1440 g/mol. The minimum atomic E-state index is -7.79. The van der Waals surface area contributed by atoms with E-state index in [4.69, 9.17) is 0 Å². The van der Waals surface area contributed by atoms with E-state index in [1.54, 1.807) is 0 Å². The number of alkyl halides is 5. The van der Waals surface area contributed by atoms with E-state index in [1.807, 2.05) is 0 Å². The molecule has 0 heterocycles. The number of unbranched alkanes of at least 4 members (excludes halogenated alkanes) is 6. The van der Waals surface area contributed by atoms with Gasteiger partial charge in [-0.2, -0.15) is 13.2 Å². The third-order valence-electron chi connectivity index (χ3n) is 16.5. The lowest BCUT2D eigenvalue weighted by atomic mass is 10.0. The number of quaternary nitrogens is 1. The van der Waals surface area contributed by atoms with E-state index in [-0.39, 0.29) is 36.1 Å². The summed E-state index contributed by atoms with van der Waals surface area (Å²) in [5, 5.41) is 0.0824. The number of nitrogens with two attached hydrogens (primary N) is 1. The molecule has 0 radical (unpaired) electrons. The molecule has 37 heteroatoms. The Hall–Kier alpha value is -7.68.